The molecule has 25 heavy (non-hydrogen) atoms. The highest BCUT2D eigenvalue weighted by molar-refractivity contribution is 5.78. The normalized spacial score (nSPS) is 15.4. The van der Waals surface area contributed by atoms with Gasteiger partial charge in [0, 0.05) is 38.1 Å². The van der Waals surface area contributed by atoms with Gasteiger partial charge in [0.2, 0.25) is 0 Å². The number of hydrogen-bond acceptors (Lipinski definition) is 5. The molecule has 0 spiro atoms. The van der Waals surface area contributed by atoms with Crippen LogP contribution in [0, 0.1) is 5.82 Å². The van der Waals surface area contributed by atoms with Crippen LogP contribution in [0.3, 0.4) is 0 Å². The van der Waals surface area contributed by atoms with Crippen LogP contribution in [0.1, 0.15) is 5.69 Å². The number of rotatable bonds is 4. The lowest BCUT2D eigenvalue weighted by atomic mass is 10.2. The summed E-state index contributed by atoms with van der Waals surface area (Å²) in [5, 5.41) is 0. The van der Waals surface area contributed by atoms with Crippen molar-refractivity contribution in [2.45, 2.75) is 6.54 Å². The molecule has 1 aromatic carbocycles. The first-order valence-electron chi connectivity index (χ1n) is 8.07. The number of ether oxygens (including phenoxy) is 1. The molecule has 0 radical (unpaired) electrons. The van der Waals surface area contributed by atoms with Crippen molar-refractivity contribution >= 4 is 11.6 Å². The quantitative estimate of drug-likeness (QED) is 0.664. The lowest BCUT2D eigenvalue weighted by Crippen LogP contribution is -2.51. The molecule has 1 saturated heterocycles. The fraction of sp³-hybridized carbons (Fsp3) is 0.353. The predicted octanol–water partition coefficient (Wildman–Crippen LogP) is 1.26. The van der Waals surface area contributed by atoms with Gasteiger partial charge in [0.1, 0.15) is 5.82 Å². The van der Waals surface area contributed by atoms with Crippen molar-refractivity contribution in [2.24, 2.45) is 10.7 Å². The molecule has 2 N–H and O–H groups in total. The smallest absolute Gasteiger partial charge is 0.316 e. The lowest BCUT2D eigenvalue weighted by Gasteiger charge is -2.36. The largest absolute Gasteiger partial charge is 0.467 e. The number of piperazine rings is 1. The van der Waals surface area contributed by atoms with E-state index in [1.807, 2.05) is 4.90 Å². The first kappa shape index (κ1) is 16.9. The fourth-order valence-electron chi connectivity index (χ4n) is 2.67. The summed E-state index contributed by atoms with van der Waals surface area (Å²) < 4.78 is 18.0. The molecular formula is C17H21FN6O. The molecule has 2 heterocycles. The Morgan fingerprint density at radius 2 is 1.92 bits per heavy atom. The van der Waals surface area contributed by atoms with Crippen molar-refractivity contribution < 1.29 is 9.13 Å². The van der Waals surface area contributed by atoms with Crippen LogP contribution in [-0.2, 0) is 6.54 Å². The lowest BCUT2D eigenvalue weighted by molar-refractivity contribution is 0.376. The van der Waals surface area contributed by atoms with Crippen molar-refractivity contribution in [3.8, 4) is 6.01 Å². The summed E-state index contributed by atoms with van der Waals surface area (Å²) in [6.45, 7) is 3.52. The van der Waals surface area contributed by atoms with E-state index in [0.717, 1.165) is 37.6 Å². The molecule has 0 unspecified atom stereocenters. The summed E-state index contributed by atoms with van der Waals surface area (Å²) in [7, 11) is 1.53. The maximum atomic E-state index is 13.0. The first-order chi connectivity index (χ1) is 12.2. The van der Waals surface area contributed by atoms with Crippen molar-refractivity contribution in [1.82, 2.24) is 14.9 Å². The summed E-state index contributed by atoms with van der Waals surface area (Å²) in [4.78, 5) is 16.8. The van der Waals surface area contributed by atoms with Crippen molar-refractivity contribution in [1.29, 1.82) is 0 Å². The summed E-state index contributed by atoms with van der Waals surface area (Å²) >= 11 is 0. The van der Waals surface area contributed by atoms with E-state index >= 15 is 0 Å². The fourth-order valence-corrected chi connectivity index (χ4v) is 2.67. The molecule has 3 rings (SSSR count). The van der Waals surface area contributed by atoms with Gasteiger partial charge in [-0.2, -0.15) is 4.98 Å². The van der Waals surface area contributed by atoms with E-state index in [1.54, 1.807) is 24.4 Å². The van der Waals surface area contributed by atoms with Gasteiger partial charge in [-0.25, -0.2) is 14.4 Å². The summed E-state index contributed by atoms with van der Waals surface area (Å²) in [5.74, 6) is 0.274. The Bertz CT molecular complexity index is 728. The number of aromatic nitrogens is 2. The van der Waals surface area contributed by atoms with Gasteiger partial charge >= 0.3 is 6.01 Å². The molecule has 1 aromatic heterocycles. The third kappa shape index (κ3) is 4.34. The molecule has 7 nitrogen and oxygen atoms in total. The average molecular weight is 344 g/mol. The Hall–Kier alpha value is -2.90. The molecule has 0 amide bonds. The van der Waals surface area contributed by atoms with Gasteiger partial charge in [-0.05, 0) is 30.3 Å². The molecule has 8 heteroatoms. The summed E-state index contributed by atoms with van der Waals surface area (Å²) in [6, 6.07) is 8.65. The molecule has 132 valence electrons. The Labute approximate surface area is 146 Å². The number of methoxy groups -OCH3 is 1. The molecule has 2 aromatic rings. The van der Waals surface area contributed by atoms with Gasteiger partial charge in [-0.1, -0.05) is 0 Å². The van der Waals surface area contributed by atoms with Crippen LogP contribution in [0.5, 0.6) is 6.01 Å². The maximum absolute atomic E-state index is 13.0. The van der Waals surface area contributed by atoms with Gasteiger partial charge in [-0.15, -0.1) is 0 Å². The van der Waals surface area contributed by atoms with Gasteiger partial charge < -0.3 is 20.3 Å². The van der Waals surface area contributed by atoms with E-state index in [4.69, 9.17) is 10.5 Å². The van der Waals surface area contributed by atoms with Crippen LogP contribution in [0.25, 0.3) is 0 Å². The third-order valence-corrected chi connectivity index (χ3v) is 4.07. The van der Waals surface area contributed by atoms with Crippen LogP contribution >= 0.6 is 0 Å². The highest BCUT2D eigenvalue weighted by Gasteiger charge is 2.18. The predicted molar refractivity (Wildman–Crippen MR) is 94.1 cm³/mol. The van der Waals surface area contributed by atoms with E-state index < -0.39 is 0 Å². The third-order valence-electron chi connectivity index (χ3n) is 4.07. The molecule has 0 atom stereocenters. The van der Waals surface area contributed by atoms with E-state index in [1.165, 1.54) is 19.2 Å². The molecular weight excluding hydrogens is 323 g/mol. The second-order valence-corrected chi connectivity index (χ2v) is 5.66. The second kappa shape index (κ2) is 7.78. The first-order valence-corrected chi connectivity index (χ1v) is 8.07. The number of benzene rings is 1. The number of halogens is 1. The van der Waals surface area contributed by atoms with Crippen LogP contribution in [0.2, 0.25) is 0 Å². The maximum Gasteiger partial charge on any atom is 0.316 e. The van der Waals surface area contributed by atoms with Crippen LogP contribution in [-0.4, -0.2) is 54.1 Å². The Kier molecular flexibility index (Phi) is 5.27. The number of aliphatic imine (C=N–C) groups is 1. The topological polar surface area (TPSA) is 79.9 Å². The van der Waals surface area contributed by atoms with Crippen molar-refractivity contribution in [2.75, 3.05) is 38.2 Å². The van der Waals surface area contributed by atoms with Crippen LogP contribution in [0.15, 0.2) is 41.5 Å². The van der Waals surface area contributed by atoms with Gasteiger partial charge in [0.25, 0.3) is 0 Å². The monoisotopic (exact) mass is 344 g/mol. The highest BCUT2D eigenvalue weighted by Crippen LogP contribution is 2.16. The average Bonchev–Trinajstić information content (AvgIpc) is 2.67. The number of guanidine groups is 1. The van der Waals surface area contributed by atoms with Gasteiger partial charge in [-0.3, -0.25) is 0 Å². The molecule has 1 aliphatic heterocycles. The molecule has 0 saturated carbocycles. The minimum Gasteiger partial charge on any atom is -0.467 e. The summed E-state index contributed by atoms with van der Waals surface area (Å²) in [5.41, 5.74) is 7.87. The standard InChI is InChI=1S/C17H21FN6O/c1-25-17-20-7-6-14(22-17)12-21-16(19)24-10-8-23(9-11-24)15-4-2-13(18)3-5-15/h2-7H,8-12H2,1H3,(H2,19,21). The zero-order valence-corrected chi connectivity index (χ0v) is 14.1. The molecule has 0 aliphatic carbocycles. The van der Waals surface area contributed by atoms with E-state index in [-0.39, 0.29) is 5.82 Å². The molecule has 1 aliphatic rings. The Balaban J connectivity index is 1.55. The van der Waals surface area contributed by atoms with E-state index in [0.29, 0.717) is 18.5 Å². The zero-order valence-electron chi connectivity index (χ0n) is 14.1. The van der Waals surface area contributed by atoms with Gasteiger partial charge in [0.15, 0.2) is 5.96 Å². The SMILES string of the molecule is COc1nccc(CN=C(N)N2CCN(c3ccc(F)cc3)CC2)n1. The molecule has 0 bridgehead atoms. The highest BCUT2D eigenvalue weighted by atomic mass is 19.1. The number of nitrogens with two attached hydrogens (primary N) is 1. The van der Waals surface area contributed by atoms with E-state index in [9.17, 15) is 4.39 Å². The van der Waals surface area contributed by atoms with E-state index in [2.05, 4.69) is 19.9 Å². The second-order valence-electron chi connectivity index (χ2n) is 5.66. The minimum atomic E-state index is -0.222. The number of anilines is 1. The Morgan fingerprint density at radius 1 is 1.20 bits per heavy atom. The van der Waals surface area contributed by atoms with Crippen LogP contribution < -0.4 is 15.4 Å². The summed E-state index contributed by atoms with van der Waals surface area (Å²) in [6.07, 6.45) is 1.63. The number of hydrogen-bond donors (Lipinski definition) is 1. The van der Waals surface area contributed by atoms with Gasteiger partial charge in [0.05, 0.1) is 19.3 Å². The Morgan fingerprint density at radius 3 is 2.60 bits per heavy atom. The number of nitrogens with zero attached hydrogens (tertiary/aromatic N) is 5. The van der Waals surface area contributed by atoms with Crippen LogP contribution in [0.4, 0.5) is 10.1 Å². The minimum absolute atomic E-state index is 0.222. The zero-order chi connectivity index (χ0) is 17.6. The van der Waals surface area contributed by atoms with Crippen molar-refractivity contribution in [3.05, 3.63) is 48.0 Å². The van der Waals surface area contributed by atoms with Crippen molar-refractivity contribution in [3.63, 3.8) is 0 Å². The molecule has 1 fully saturated rings.